The maximum Gasteiger partial charge on any atom is 0.309 e. The van der Waals surface area contributed by atoms with Gasteiger partial charge in [0.1, 0.15) is 0 Å². The molecule has 0 amide bonds. The lowest BCUT2D eigenvalue weighted by Gasteiger charge is -2.22. The van der Waals surface area contributed by atoms with Gasteiger partial charge in [-0.2, -0.15) is 0 Å². The van der Waals surface area contributed by atoms with Gasteiger partial charge in [0.25, 0.3) is 7.82 Å². The Labute approximate surface area is 82.4 Å². The SMILES string of the molecule is C[N+](C)(C)CCC(=O)O.O=P([O-])(O)O. The van der Waals surface area contributed by atoms with E-state index in [1.54, 1.807) is 0 Å². The van der Waals surface area contributed by atoms with Crippen LogP contribution >= 0.6 is 7.82 Å². The molecule has 7 nitrogen and oxygen atoms in total. The predicted molar refractivity (Wildman–Crippen MR) is 47.2 cm³/mol. The first kappa shape index (κ1) is 16.0. The molecule has 0 bridgehead atoms. The average molecular weight is 229 g/mol. The Hall–Kier alpha value is -0.460. The molecule has 0 rings (SSSR count). The van der Waals surface area contributed by atoms with Crippen molar-refractivity contribution in [1.82, 2.24) is 0 Å². The Morgan fingerprint density at radius 3 is 1.71 bits per heavy atom. The molecule has 0 aliphatic heterocycles. The van der Waals surface area contributed by atoms with Crippen LogP contribution in [0.1, 0.15) is 6.42 Å². The van der Waals surface area contributed by atoms with Crippen molar-refractivity contribution < 1.29 is 33.6 Å². The van der Waals surface area contributed by atoms with Gasteiger partial charge in [0.2, 0.25) is 0 Å². The molecule has 0 saturated carbocycles. The van der Waals surface area contributed by atoms with Gasteiger partial charge in [-0.3, -0.25) is 9.36 Å². The topological polar surface area (TPSA) is 118 Å². The second-order valence-electron chi connectivity index (χ2n) is 3.65. The summed E-state index contributed by atoms with van der Waals surface area (Å²) in [6.07, 6.45) is 0.253. The van der Waals surface area contributed by atoms with Crippen LogP contribution < -0.4 is 4.89 Å². The lowest BCUT2D eigenvalue weighted by molar-refractivity contribution is -0.869. The van der Waals surface area contributed by atoms with E-state index in [9.17, 15) is 4.79 Å². The van der Waals surface area contributed by atoms with E-state index in [1.165, 1.54) is 0 Å². The molecule has 0 aliphatic rings. The Morgan fingerprint density at radius 1 is 1.36 bits per heavy atom. The quantitative estimate of drug-likeness (QED) is 0.405. The highest BCUT2D eigenvalue weighted by Crippen LogP contribution is 2.18. The molecule has 0 aromatic carbocycles. The molecule has 0 aliphatic carbocycles. The molecule has 86 valence electrons. The molecule has 3 N–H and O–H groups in total. The van der Waals surface area contributed by atoms with Gasteiger partial charge in [-0.1, -0.05) is 0 Å². The number of carboxylic acids is 1. The summed E-state index contributed by atoms with van der Waals surface area (Å²) in [7, 11) is 1.04. The molecule has 0 radical (unpaired) electrons. The zero-order valence-electron chi connectivity index (χ0n) is 8.38. The first-order chi connectivity index (χ1) is 5.92. The molecule has 8 heteroatoms. The molecule has 0 aromatic rings. The number of carbonyl (C=O) groups is 1. The van der Waals surface area contributed by atoms with E-state index >= 15 is 0 Å². The number of quaternary nitrogens is 1. The Bertz CT molecular complexity index is 209. The lowest BCUT2D eigenvalue weighted by Crippen LogP contribution is -2.36. The van der Waals surface area contributed by atoms with Crippen LogP contribution in [-0.4, -0.2) is 53.0 Å². The molecule has 0 heterocycles. The standard InChI is InChI=1S/C6H13NO2.H3O4P/c1-7(2,3)5-4-6(8)9;1-5(2,3)4/h4-5H2,1-3H3;(H3,1,2,3,4). The fourth-order valence-corrected chi connectivity index (χ4v) is 0.431. The summed E-state index contributed by atoms with van der Waals surface area (Å²) in [6.45, 7) is 0.690. The monoisotopic (exact) mass is 229 g/mol. The summed E-state index contributed by atoms with van der Waals surface area (Å²) in [5.74, 6) is -0.719. The zero-order valence-corrected chi connectivity index (χ0v) is 9.27. The van der Waals surface area contributed by atoms with Crippen molar-refractivity contribution in [1.29, 1.82) is 0 Å². The fraction of sp³-hybridized carbons (Fsp3) is 0.833. The van der Waals surface area contributed by atoms with Gasteiger partial charge in [-0.05, 0) is 0 Å². The Morgan fingerprint density at radius 2 is 1.64 bits per heavy atom. The van der Waals surface area contributed by atoms with E-state index < -0.39 is 13.8 Å². The summed E-state index contributed by atoms with van der Waals surface area (Å²) in [6, 6.07) is 0. The van der Waals surface area contributed by atoms with Crippen molar-refractivity contribution in [3.05, 3.63) is 0 Å². The van der Waals surface area contributed by atoms with E-state index in [2.05, 4.69) is 0 Å². The Kier molecular flexibility index (Phi) is 6.97. The van der Waals surface area contributed by atoms with Gasteiger partial charge in [0, 0.05) is 0 Å². The van der Waals surface area contributed by atoms with Crippen molar-refractivity contribution in [2.24, 2.45) is 0 Å². The zero-order chi connectivity index (χ0) is 12.0. The van der Waals surface area contributed by atoms with Crippen LogP contribution in [0, 0.1) is 0 Å². The van der Waals surface area contributed by atoms with Crippen LogP contribution in [0.15, 0.2) is 0 Å². The molecule has 0 atom stereocenters. The van der Waals surface area contributed by atoms with Gasteiger partial charge < -0.3 is 24.3 Å². The van der Waals surface area contributed by atoms with Gasteiger partial charge in [-0.25, -0.2) is 0 Å². The Balaban J connectivity index is 0. The predicted octanol–water partition coefficient (Wildman–Crippen LogP) is -1.39. The van der Waals surface area contributed by atoms with Gasteiger partial charge in [-0.15, -0.1) is 0 Å². The van der Waals surface area contributed by atoms with Crippen LogP contribution in [0.5, 0.6) is 0 Å². The van der Waals surface area contributed by atoms with E-state index in [1.807, 2.05) is 21.1 Å². The highest BCUT2D eigenvalue weighted by Gasteiger charge is 2.08. The van der Waals surface area contributed by atoms with Gasteiger partial charge >= 0.3 is 5.97 Å². The summed E-state index contributed by atoms with van der Waals surface area (Å²) in [5.41, 5.74) is 0. The number of hydrogen-bond donors (Lipinski definition) is 3. The number of carboxylic acid groups (broad SMARTS) is 1. The third-order valence-corrected chi connectivity index (χ3v) is 0.996. The van der Waals surface area contributed by atoms with E-state index in [4.69, 9.17) is 24.4 Å². The minimum Gasteiger partial charge on any atom is -0.756 e. The minimum atomic E-state index is -4.89. The lowest BCUT2D eigenvalue weighted by atomic mass is 10.4. The molecule has 0 aromatic heterocycles. The second kappa shape index (κ2) is 6.10. The number of nitrogens with zero attached hydrogens (tertiary/aromatic N) is 1. The first-order valence-electron chi connectivity index (χ1n) is 3.70. The number of phosphoric acid groups is 1. The van der Waals surface area contributed by atoms with Crippen LogP contribution in [0.4, 0.5) is 0 Å². The summed E-state index contributed by atoms with van der Waals surface area (Å²) in [5, 5.41) is 8.27. The van der Waals surface area contributed by atoms with E-state index in [-0.39, 0.29) is 6.42 Å². The normalized spacial score (nSPS) is 11.6. The van der Waals surface area contributed by atoms with Crippen molar-refractivity contribution in [3.63, 3.8) is 0 Å². The molecular formula is C6H16NO6P. The van der Waals surface area contributed by atoms with Crippen LogP contribution in [0.25, 0.3) is 0 Å². The smallest absolute Gasteiger partial charge is 0.309 e. The van der Waals surface area contributed by atoms with Gasteiger partial charge in [0.05, 0.1) is 34.1 Å². The van der Waals surface area contributed by atoms with E-state index in [0.717, 1.165) is 0 Å². The highest BCUT2D eigenvalue weighted by molar-refractivity contribution is 7.43. The van der Waals surface area contributed by atoms with Gasteiger partial charge in [0.15, 0.2) is 0 Å². The maximum atomic E-state index is 10.0. The molecule has 0 spiro atoms. The third-order valence-electron chi connectivity index (χ3n) is 0.996. The highest BCUT2D eigenvalue weighted by atomic mass is 31.2. The minimum absolute atomic E-state index is 0.253. The van der Waals surface area contributed by atoms with Crippen molar-refractivity contribution in [3.8, 4) is 0 Å². The van der Waals surface area contributed by atoms with Crippen LogP contribution in [0.2, 0.25) is 0 Å². The second-order valence-corrected chi connectivity index (χ2v) is 4.63. The molecular weight excluding hydrogens is 213 g/mol. The summed E-state index contributed by atoms with van der Waals surface area (Å²) in [4.78, 5) is 33.0. The maximum absolute atomic E-state index is 10.0. The third kappa shape index (κ3) is 41.8. The largest absolute Gasteiger partial charge is 0.756 e. The molecule has 0 fully saturated rings. The number of hydrogen-bond acceptors (Lipinski definition) is 3. The number of aliphatic carboxylic acids is 1. The fourth-order valence-electron chi connectivity index (χ4n) is 0.431. The number of rotatable bonds is 3. The van der Waals surface area contributed by atoms with Crippen LogP contribution in [0.3, 0.4) is 0 Å². The first-order valence-corrected chi connectivity index (χ1v) is 5.23. The van der Waals surface area contributed by atoms with E-state index in [0.29, 0.717) is 11.0 Å². The molecule has 0 unspecified atom stereocenters. The van der Waals surface area contributed by atoms with Crippen molar-refractivity contribution in [2.45, 2.75) is 6.42 Å². The average Bonchev–Trinajstić information content (AvgIpc) is 1.77. The van der Waals surface area contributed by atoms with Crippen molar-refractivity contribution >= 4 is 13.8 Å². The van der Waals surface area contributed by atoms with Crippen molar-refractivity contribution in [2.75, 3.05) is 27.7 Å². The summed E-state index contributed by atoms with van der Waals surface area (Å²) >= 11 is 0. The molecule has 0 saturated heterocycles. The van der Waals surface area contributed by atoms with Crippen LogP contribution in [-0.2, 0) is 9.36 Å². The summed E-state index contributed by atoms with van der Waals surface area (Å²) < 4.78 is 9.49. The molecule has 14 heavy (non-hydrogen) atoms.